The number of nitrogens with two attached hydrogens (primary N) is 1. The monoisotopic (exact) mass is 305 g/mol. The second-order valence-electron chi connectivity index (χ2n) is 4.26. The van der Waals surface area contributed by atoms with Gasteiger partial charge in [-0.1, -0.05) is 12.1 Å². The molecule has 1 heterocycles. The molecule has 0 saturated heterocycles. The molecule has 18 heavy (non-hydrogen) atoms. The van der Waals surface area contributed by atoms with Crippen LogP contribution in [0.25, 0.3) is 0 Å². The molecular formula is C14H16BrN3. The van der Waals surface area contributed by atoms with Gasteiger partial charge in [0.05, 0.1) is 4.47 Å². The van der Waals surface area contributed by atoms with Crippen molar-refractivity contribution in [3.63, 3.8) is 0 Å². The summed E-state index contributed by atoms with van der Waals surface area (Å²) in [5.74, 6) is 0.885. The fraction of sp³-hybridized carbons (Fsp3) is 0.214. The fourth-order valence-electron chi connectivity index (χ4n) is 1.67. The smallest absolute Gasteiger partial charge is 0.140 e. The predicted molar refractivity (Wildman–Crippen MR) is 79.7 cm³/mol. The standard InChI is InChI=1S/C14H16BrN3/c1-10-8-13(15)14(18-9-10)17-7-6-11-2-4-12(16)5-3-11/h2-5,8-9H,6-7,16H2,1H3,(H,17,18). The van der Waals surface area contributed by atoms with Gasteiger partial charge in [-0.25, -0.2) is 4.98 Å². The molecule has 0 atom stereocenters. The zero-order chi connectivity index (χ0) is 13.0. The fourth-order valence-corrected chi connectivity index (χ4v) is 2.28. The molecule has 2 rings (SSSR count). The molecule has 0 unspecified atom stereocenters. The highest BCUT2D eigenvalue weighted by atomic mass is 79.9. The second-order valence-corrected chi connectivity index (χ2v) is 5.12. The first-order valence-corrected chi connectivity index (χ1v) is 6.65. The number of hydrogen-bond donors (Lipinski definition) is 2. The van der Waals surface area contributed by atoms with Crippen LogP contribution in [0.15, 0.2) is 41.0 Å². The van der Waals surface area contributed by atoms with Gasteiger partial charge in [-0.05, 0) is 58.6 Å². The molecule has 0 bridgehead atoms. The Morgan fingerprint density at radius 3 is 2.67 bits per heavy atom. The van der Waals surface area contributed by atoms with Gasteiger partial charge in [-0.2, -0.15) is 0 Å². The number of halogens is 1. The summed E-state index contributed by atoms with van der Waals surface area (Å²) in [6, 6.07) is 10.0. The summed E-state index contributed by atoms with van der Waals surface area (Å²) in [5.41, 5.74) is 8.86. The molecule has 0 aliphatic carbocycles. The third-order valence-electron chi connectivity index (χ3n) is 2.66. The van der Waals surface area contributed by atoms with Crippen molar-refractivity contribution in [1.82, 2.24) is 4.98 Å². The topological polar surface area (TPSA) is 50.9 Å². The van der Waals surface area contributed by atoms with Crippen LogP contribution in [-0.4, -0.2) is 11.5 Å². The highest BCUT2D eigenvalue weighted by Crippen LogP contribution is 2.20. The van der Waals surface area contributed by atoms with Gasteiger partial charge >= 0.3 is 0 Å². The second kappa shape index (κ2) is 5.87. The van der Waals surface area contributed by atoms with Crippen LogP contribution >= 0.6 is 15.9 Å². The number of nitrogens with one attached hydrogen (secondary N) is 1. The third kappa shape index (κ3) is 3.47. The molecule has 0 fully saturated rings. The number of aryl methyl sites for hydroxylation is 1. The average molecular weight is 306 g/mol. The van der Waals surface area contributed by atoms with Crippen LogP contribution in [0.3, 0.4) is 0 Å². The van der Waals surface area contributed by atoms with E-state index in [1.165, 1.54) is 5.56 Å². The van der Waals surface area contributed by atoms with Crippen LogP contribution < -0.4 is 11.1 Å². The van der Waals surface area contributed by atoms with E-state index in [2.05, 4.69) is 44.4 Å². The van der Waals surface area contributed by atoms with E-state index in [0.29, 0.717) is 0 Å². The van der Waals surface area contributed by atoms with Crippen LogP contribution in [-0.2, 0) is 6.42 Å². The van der Waals surface area contributed by atoms with Crippen molar-refractivity contribution in [2.75, 3.05) is 17.6 Å². The first kappa shape index (κ1) is 12.9. The minimum absolute atomic E-state index is 0.801. The minimum Gasteiger partial charge on any atom is -0.399 e. The lowest BCUT2D eigenvalue weighted by Gasteiger charge is -2.08. The summed E-state index contributed by atoms with van der Waals surface area (Å²) < 4.78 is 1.000. The maximum absolute atomic E-state index is 5.65. The first-order valence-electron chi connectivity index (χ1n) is 5.85. The SMILES string of the molecule is Cc1cnc(NCCc2ccc(N)cc2)c(Br)c1. The van der Waals surface area contributed by atoms with E-state index in [-0.39, 0.29) is 0 Å². The predicted octanol–water partition coefficient (Wildman–Crippen LogP) is 3.39. The van der Waals surface area contributed by atoms with E-state index in [0.717, 1.165) is 34.5 Å². The molecule has 1 aromatic carbocycles. The lowest BCUT2D eigenvalue weighted by molar-refractivity contribution is 1.00. The lowest BCUT2D eigenvalue weighted by atomic mass is 10.1. The summed E-state index contributed by atoms with van der Waals surface area (Å²) in [6.45, 7) is 2.87. The quantitative estimate of drug-likeness (QED) is 0.851. The number of nitrogen functional groups attached to an aromatic ring is 1. The molecule has 94 valence electrons. The van der Waals surface area contributed by atoms with Crippen LogP contribution in [0.2, 0.25) is 0 Å². The molecule has 0 saturated carbocycles. The number of rotatable bonds is 4. The summed E-state index contributed by atoms with van der Waals surface area (Å²) >= 11 is 3.50. The third-order valence-corrected chi connectivity index (χ3v) is 3.27. The Morgan fingerprint density at radius 2 is 2.00 bits per heavy atom. The Morgan fingerprint density at radius 1 is 1.28 bits per heavy atom. The van der Waals surface area contributed by atoms with Crippen molar-refractivity contribution >= 4 is 27.4 Å². The number of nitrogens with zero attached hydrogens (tertiary/aromatic N) is 1. The molecule has 1 aromatic heterocycles. The van der Waals surface area contributed by atoms with Crippen LogP contribution in [0, 0.1) is 6.92 Å². The maximum atomic E-state index is 5.65. The molecule has 2 aromatic rings. The molecule has 3 nitrogen and oxygen atoms in total. The molecule has 0 aliphatic heterocycles. The van der Waals surface area contributed by atoms with Gasteiger partial charge in [-0.3, -0.25) is 0 Å². The van der Waals surface area contributed by atoms with Gasteiger partial charge in [0.25, 0.3) is 0 Å². The Kier molecular flexibility index (Phi) is 4.20. The first-order chi connectivity index (χ1) is 8.65. The van der Waals surface area contributed by atoms with Crippen LogP contribution in [0.1, 0.15) is 11.1 Å². The summed E-state index contributed by atoms with van der Waals surface area (Å²) in [6.07, 6.45) is 2.80. The van der Waals surface area contributed by atoms with E-state index in [9.17, 15) is 0 Å². The van der Waals surface area contributed by atoms with E-state index in [4.69, 9.17) is 5.73 Å². The molecule has 3 N–H and O–H groups in total. The minimum atomic E-state index is 0.801. The van der Waals surface area contributed by atoms with Gasteiger partial charge in [0.2, 0.25) is 0 Å². The van der Waals surface area contributed by atoms with Crippen molar-refractivity contribution in [2.24, 2.45) is 0 Å². The Hall–Kier alpha value is -1.55. The molecule has 0 amide bonds. The van der Waals surface area contributed by atoms with Crippen molar-refractivity contribution in [2.45, 2.75) is 13.3 Å². The maximum Gasteiger partial charge on any atom is 0.140 e. The van der Waals surface area contributed by atoms with Crippen molar-refractivity contribution in [1.29, 1.82) is 0 Å². The van der Waals surface area contributed by atoms with Gasteiger partial charge in [0, 0.05) is 18.4 Å². The number of aromatic nitrogens is 1. The number of anilines is 2. The van der Waals surface area contributed by atoms with Gasteiger partial charge in [-0.15, -0.1) is 0 Å². The Bertz CT molecular complexity index is 523. The average Bonchev–Trinajstić information content (AvgIpc) is 2.34. The van der Waals surface area contributed by atoms with Crippen LogP contribution in [0.5, 0.6) is 0 Å². The molecule has 0 spiro atoms. The summed E-state index contributed by atoms with van der Waals surface area (Å²) in [4.78, 5) is 4.35. The Labute approximate surface area is 116 Å². The largest absolute Gasteiger partial charge is 0.399 e. The number of hydrogen-bond acceptors (Lipinski definition) is 3. The highest BCUT2D eigenvalue weighted by Gasteiger charge is 2.00. The Balaban J connectivity index is 1.90. The van der Waals surface area contributed by atoms with Crippen molar-refractivity contribution in [3.05, 3.63) is 52.1 Å². The van der Waals surface area contributed by atoms with E-state index in [1.807, 2.05) is 25.3 Å². The van der Waals surface area contributed by atoms with Crippen LogP contribution in [0.4, 0.5) is 11.5 Å². The van der Waals surface area contributed by atoms with Crippen molar-refractivity contribution < 1.29 is 0 Å². The number of pyridine rings is 1. The molecule has 0 aliphatic rings. The lowest BCUT2D eigenvalue weighted by Crippen LogP contribution is -2.07. The molecule has 4 heteroatoms. The number of benzene rings is 1. The van der Waals surface area contributed by atoms with E-state index in [1.54, 1.807) is 0 Å². The van der Waals surface area contributed by atoms with E-state index < -0.39 is 0 Å². The highest BCUT2D eigenvalue weighted by molar-refractivity contribution is 9.10. The van der Waals surface area contributed by atoms with Gasteiger partial charge < -0.3 is 11.1 Å². The van der Waals surface area contributed by atoms with Crippen molar-refractivity contribution in [3.8, 4) is 0 Å². The van der Waals surface area contributed by atoms with Gasteiger partial charge in [0.1, 0.15) is 5.82 Å². The van der Waals surface area contributed by atoms with Gasteiger partial charge in [0.15, 0.2) is 0 Å². The normalized spacial score (nSPS) is 10.3. The summed E-state index contributed by atoms with van der Waals surface area (Å²) in [7, 11) is 0. The zero-order valence-electron chi connectivity index (χ0n) is 10.3. The molecular weight excluding hydrogens is 290 g/mol. The molecule has 0 radical (unpaired) electrons. The zero-order valence-corrected chi connectivity index (χ0v) is 11.9. The van der Waals surface area contributed by atoms with E-state index >= 15 is 0 Å². The summed E-state index contributed by atoms with van der Waals surface area (Å²) in [5, 5.41) is 3.31.